The molecule has 5 rings (SSSR count). The predicted octanol–water partition coefficient (Wildman–Crippen LogP) is 2.41. The van der Waals surface area contributed by atoms with Crippen LogP contribution >= 0.6 is 11.8 Å². The highest BCUT2D eigenvalue weighted by atomic mass is 32.2. The van der Waals surface area contributed by atoms with E-state index in [0.29, 0.717) is 0 Å². The van der Waals surface area contributed by atoms with Crippen molar-refractivity contribution in [3.05, 3.63) is 29.3 Å². The van der Waals surface area contributed by atoms with E-state index in [1.165, 1.54) is 4.90 Å². The summed E-state index contributed by atoms with van der Waals surface area (Å²) < 4.78 is 0. The number of amides is 3. The first-order valence-electron chi connectivity index (χ1n) is 10.6. The van der Waals surface area contributed by atoms with Crippen LogP contribution in [-0.4, -0.2) is 46.7 Å². The van der Waals surface area contributed by atoms with Gasteiger partial charge in [0, 0.05) is 23.3 Å². The molecule has 1 spiro atoms. The molecule has 4 aliphatic rings. The van der Waals surface area contributed by atoms with Crippen molar-refractivity contribution in [3.63, 3.8) is 0 Å². The normalized spacial score (nSPS) is 33.7. The lowest BCUT2D eigenvalue weighted by Crippen LogP contribution is -2.54. The van der Waals surface area contributed by atoms with Gasteiger partial charge in [-0.05, 0) is 43.8 Å². The van der Waals surface area contributed by atoms with E-state index in [2.05, 4.69) is 10.6 Å². The molecule has 0 unspecified atom stereocenters. The average molecular weight is 414 g/mol. The van der Waals surface area contributed by atoms with Crippen LogP contribution in [0.5, 0.6) is 0 Å². The molecule has 1 aromatic carbocycles. The van der Waals surface area contributed by atoms with Gasteiger partial charge in [0.2, 0.25) is 17.7 Å². The third-order valence-electron chi connectivity index (χ3n) is 7.32. The maximum atomic E-state index is 13.7. The molecule has 0 bridgehead atoms. The van der Waals surface area contributed by atoms with Crippen molar-refractivity contribution in [1.29, 1.82) is 0 Å². The predicted molar refractivity (Wildman–Crippen MR) is 112 cm³/mol. The Labute approximate surface area is 175 Å². The number of imide groups is 1. The molecule has 1 saturated carbocycles. The Kier molecular flexibility index (Phi) is 4.51. The summed E-state index contributed by atoms with van der Waals surface area (Å²) in [7, 11) is 0. The number of nitrogens with one attached hydrogen (secondary N) is 2. The average Bonchev–Trinajstić information content (AvgIpc) is 3.44. The second kappa shape index (κ2) is 6.84. The summed E-state index contributed by atoms with van der Waals surface area (Å²) in [6.45, 7) is 1.96. The fourth-order valence-electron chi connectivity index (χ4n) is 6.01. The zero-order valence-electron chi connectivity index (χ0n) is 16.9. The van der Waals surface area contributed by atoms with Gasteiger partial charge in [-0.15, -0.1) is 0 Å². The minimum Gasteiger partial charge on any atom is -0.324 e. The molecule has 3 heterocycles. The third kappa shape index (κ3) is 2.49. The zero-order valence-corrected chi connectivity index (χ0v) is 17.7. The van der Waals surface area contributed by atoms with E-state index >= 15 is 0 Å². The van der Waals surface area contributed by atoms with Gasteiger partial charge in [-0.2, -0.15) is 11.8 Å². The summed E-state index contributed by atoms with van der Waals surface area (Å²) >= 11 is 1.72. The number of carbonyl (C=O) groups excluding carboxylic acids is 3. The van der Waals surface area contributed by atoms with Crippen molar-refractivity contribution < 1.29 is 14.4 Å². The monoisotopic (exact) mass is 413 g/mol. The van der Waals surface area contributed by atoms with E-state index in [4.69, 9.17) is 0 Å². The fourth-order valence-corrected chi connectivity index (χ4v) is 6.50. The van der Waals surface area contributed by atoms with Crippen LogP contribution in [-0.2, 0) is 19.9 Å². The number of thioether (sulfide) groups is 1. The molecule has 3 amide bonds. The maximum absolute atomic E-state index is 13.7. The Morgan fingerprint density at radius 2 is 1.93 bits per heavy atom. The summed E-state index contributed by atoms with van der Waals surface area (Å²) in [5, 5.41) is 6.53. The second-order valence-electron chi connectivity index (χ2n) is 8.78. The Balaban J connectivity index is 1.63. The van der Waals surface area contributed by atoms with E-state index in [1.54, 1.807) is 11.8 Å². The fraction of sp³-hybridized carbons (Fsp3) is 0.591. The van der Waals surface area contributed by atoms with Gasteiger partial charge in [-0.25, -0.2) is 0 Å². The minimum atomic E-state index is -1.14. The first-order chi connectivity index (χ1) is 14.0. The highest BCUT2D eigenvalue weighted by molar-refractivity contribution is 7.98. The van der Waals surface area contributed by atoms with Crippen LogP contribution in [0.2, 0.25) is 0 Å². The van der Waals surface area contributed by atoms with Gasteiger partial charge < -0.3 is 5.32 Å². The SMILES string of the molecule is CSCC[C@@H]1N[C@]2(C(=O)Nc3c(C)cccc32)[C@@H]2C(=O)N(C3CCCC3)C(=O)[C@H]12. The van der Waals surface area contributed by atoms with Gasteiger partial charge in [0.15, 0.2) is 0 Å². The van der Waals surface area contributed by atoms with E-state index in [1.807, 2.05) is 31.4 Å². The Hall–Kier alpha value is -1.86. The lowest BCUT2D eigenvalue weighted by molar-refractivity contribution is -0.145. The molecule has 6 nitrogen and oxygen atoms in total. The number of nitrogens with zero attached hydrogens (tertiary/aromatic N) is 1. The van der Waals surface area contributed by atoms with Crippen molar-refractivity contribution in [2.75, 3.05) is 17.3 Å². The molecule has 1 aliphatic carbocycles. The Morgan fingerprint density at radius 3 is 2.66 bits per heavy atom. The number of carbonyl (C=O) groups is 3. The summed E-state index contributed by atoms with van der Waals surface area (Å²) in [6.07, 6.45) is 6.67. The number of rotatable bonds is 4. The molecule has 29 heavy (non-hydrogen) atoms. The van der Waals surface area contributed by atoms with Gasteiger partial charge in [0.05, 0.1) is 11.8 Å². The Morgan fingerprint density at radius 1 is 1.17 bits per heavy atom. The summed E-state index contributed by atoms with van der Waals surface area (Å²) in [5.74, 6) is -0.674. The van der Waals surface area contributed by atoms with E-state index in [-0.39, 0.29) is 29.8 Å². The summed E-state index contributed by atoms with van der Waals surface area (Å²) in [5.41, 5.74) is 1.44. The first-order valence-corrected chi connectivity index (χ1v) is 11.9. The zero-order chi connectivity index (χ0) is 20.3. The second-order valence-corrected chi connectivity index (χ2v) is 9.77. The molecular weight excluding hydrogens is 386 g/mol. The molecule has 4 atom stereocenters. The largest absolute Gasteiger partial charge is 0.324 e. The molecule has 0 aromatic heterocycles. The molecule has 3 aliphatic heterocycles. The van der Waals surface area contributed by atoms with Crippen LogP contribution in [0.15, 0.2) is 18.2 Å². The smallest absolute Gasteiger partial charge is 0.250 e. The van der Waals surface area contributed by atoms with Gasteiger partial charge in [0.1, 0.15) is 5.54 Å². The van der Waals surface area contributed by atoms with Crippen molar-refractivity contribution in [1.82, 2.24) is 10.2 Å². The maximum Gasteiger partial charge on any atom is 0.250 e. The van der Waals surface area contributed by atoms with Crippen LogP contribution in [0.3, 0.4) is 0 Å². The van der Waals surface area contributed by atoms with Crippen LogP contribution < -0.4 is 10.6 Å². The summed E-state index contributed by atoms with van der Waals surface area (Å²) in [4.78, 5) is 42.1. The molecule has 7 heteroatoms. The number of likely N-dealkylation sites (tertiary alicyclic amines) is 1. The number of benzene rings is 1. The lowest BCUT2D eigenvalue weighted by Gasteiger charge is -2.31. The topological polar surface area (TPSA) is 78.5 Å². The van der Waals surface area contributed by atoms with Crippen molar-refractivity contribution in [2.45, 2.75) is 56.7 Å². The molecule has 1 aromatic rings. The van der Waals surface area contributed by atoms with Crippen molar-refractivity contribution in [3.8, 4) is 0 Å². The lowest BCUT2D eigenvalue weighted by atomic mass is 9.76. The van der Waals surface area contributed by atoms with Gasteiger partial charge in [0.25, 0.3) is 0 Å². The number of aryl methyl sites for hydroxylation is 1. The molecule has 3 fully saturated rings. The highest BCUT2D eigenvalue weighted by Crippen LogP contribution is 2.54. The number of hydrogen-bond acceptors (Lipinski definition) is 5. The quantitative estimate of drug-likeness (QED) is 0.741. The molecule has 0 radical (unpaired) electrons. The van der Waals surface area contributed by atoms with E-state index in [0.717, 1.165) is 54.7 Å². The number of hydrogen-bond donors (Lipinski definition) is 2. The molecular formula is C22H27N3O3S. The van der Waals surface area contributed by atoms with Crippen LogP contribution in [0.1, 0.15) is 43.2 Å². The van der Waals surface area contributed by atoms with Crippen LogP contribution in [0.25, 0.3) is 0 Å². The van der Waals surface area contributed by atoms with Gasteiger partial charge in [-0.1, -0.05) is 31.0 Å². The van der Waals surface area contributed by atoms with Gasteiger partial charge in [-0.3, -0.25) is 24.6 Å². The van der Waals surface area contributed by atoms with Crippen molar-refractivity contribution in [2.24, 2.45) is 11.8 Å². The summed E-state index contributed by atoms with van der Waals surface area (Å²) in [6, 6.07) is 5.64. The first kappa shape index (κ1) is 19.1. The highest BCUT2D eigenvalue weighted by Gasteiger charge is 2.70. The molecule has 154 valence electrons. The number of fused-ring (bicyclic) bond motifs is 4. The van der Waals surface area contributed by atoms with Crippen LogP contribution in [0.4, 0.5) is 5.69 Å². The van der Waals surface area contributed by atoms with Crippen molar-refractivity contribution >= 4 is 35.2 Å². The standard InChI is InChI=1S/C22H27N3O3S/c1-12-6-5-9-14-18(12)23-21(28)22(14)17-16(15(24-22)10-11-29-2)19(26)25(20(17)27)13-7-3-4-8-13/h5-6,9,13,15-17,24H,3-4,7-8,10-11H2,1-2H3,(H,23,28)/t15-,16+,17-,22-/m0/s1. The van der Waals surface area contributed by atoms with E-state index in [9.17, 15) is 14.4 Å². The van der Waals surface area contributed by atoms with Crippen LogP contribution in [0, 0.1) is 18.8 Å². The number of para-hydroxylation sites is 1. The Bertz CT molecular complexity index is 897. The molecule has 2 saturated heterocycles. The van der Waals surface area contributed by atoms with Gasteiger partial charge >= 0.3 is 0 Å². The number of anilines is 1. The third-order valence-corrected chi connectivity index (χ3v) is 7.96. The molecule has 2 N–H and O–H groups in total. The minimum absolute atomic E-state index is 0.000273. The van der Waals surface area contributed by atoms with E-state index < -0.39 is 17.4 Å².